The van der Waals surface area contributed by atoms with Crippen LogP contribution in [0, 0.1) is 0 Å². The third-order valence-corrected chi connectivity index (χ3v) is 12.0. The van der Waals surface area contributed by atoms with Crippen LogP contribution in [0.15, 0.2) is 133 Å². The number of fused-ring (bicyclic) bond motifs is 9. The molecule has 11 aromatic rings. The molecule has 0 aliphatic carbocycles. The van der Waals surface area contributed by atoms with Crippen LogP contribution in [-0.2, 0) is 0 Å². The highest BCUT2D eigenvalue weighted by atomic mass is 16.4. The number of aromatic nitrogens is 4. The molecule has 13 nitrogen and oxygen atoms in total. The van der Waals surface area contributed by atoms with E-state index in [0.717, 1.165) is 32.3 Å². The van der Waals surface area contributed by atoms with Gasteiger partial charge in [0.1, 0.15) is 13.4 Å². The average Bonchev–Trinajstić information content (AvgIpc) is 3.68. The van der Waals surface area contributed by atoms with E-state index in [2.05, 4.69) is 11.1 Å². The van der Waals surface area contributed by atoms with Crippen LogP contribution in [-0.4, -0.2) is 73.3 Å². The minimum absolute atomic E-state index is 0.0335. The largest absolute Gasteiger partial charge is 0.505 e. The van der Waals surface area contributed by atoms with Crippen molar-refractivity contribution in [2.24, 2.45) is 0 Å². The molecule has 0 amide bonds. The van der Waals surface area contributed by atoms with Gasteiger partial charge in [-0.1, -0.05) is 109 Å². The van der Waals surface area contributed by atoms with Crippen LogP contribution < -0.4 is 5.46 Å². The molecular weight excluding hydrogens is 823 g/mol. The lowest BCUT2D eigenvalue weighted by atomic mass is 9.83. The Kier molecular flexibility index (Phi) is 8.46. The summed E-state index contributed by atoms with van der Waals surface area (Å²) in [5.74, 6) is -9.03. The van der Waals surface area contributed by atoms with Gasteiger partial charge in [-0.2, -0.15) is 0 Å². The number of rotatable bonds is 5. The molecular formula is C51H31BN4O9. The van der Waals surface area contributed by atoms with E-state index < -0.39 is 57.3 Å². The molecule has 0 aliphatic heterocycles. The fraction of sp³-hybridized carbons (Fsp3) is 0. The second kappa shape index (κ2) is 14.2. The molecule has 312 valence electrons. The van der Waals surface area contributed by atoms with E-state index in [1.54, 1.807) is 36.4 Å². The Balaban J connectivity index is 1.33. The zero-order valence-electron chi connectivity index (χ0n) is 33.6. The number of para-hydroxylation sites is 1. The van der Waals surface area contributed by atoms with Crippen LogP contribution in [0.25, 0.3) is 105 Å². The summed E-state index contributed by atoms with van der Waals surface area (Å²) in [5, 5.41) is 104. The highest BCUT2D eigenvalue weighted by molar-refractivity contribution is 6.40. The molecule has 0 spiro atoms. The molecule has 11 rings (SSSR count). The van der Waals surface area contributed by atoms with Crippen molar-refractivity contribution in [3.8, 4) is 103 Å². The molecule has 0 fully saturated rings. The third kappa shape index (κ3) is 5.57. The van der Waals surface area contributed by atoms with Gasteiger partial charge in [0.15, 0.2) is 40.5 Å². The summed E-state index contributed by atoms with van der Waals surface area (Å²) in [4.78, 5) is 14.5. The molecule has 0 aliphatic rings. The second-order valence-electron chi connectivity index (χ2n) is 15.5. The Morgan fingerprint density at radius 2 is 0.815 bits per heavy atom. The standard InChI is InChI=1S/C51H31BN4O9/c52-39-37(40(57)44(61)47(64)43(39)60)29-18-10-20-34-36(29)28-17-8-9-19-33(28)56(34)35-22-31-27-16-7-5-14-25(27)24-13-4-6-15-26(24)30(31)21-32(35)50-53-49(23-11-2-1-3-12-23)54-51(55-50)38-41(58)45(62)48(65)46(63)42(38)59/h1-22,57-65H. The number of hydrogen-bond donors (Lipinski definition) is 9. The highest BCUT2D eigenvalue weighted by Crippen LogP contribution is 2.55. The quantitative estimate of drug-likeness (QED) is 0.0342. The molecule has 0 saturated carbocycles. The average molecular weight is 855 g/mol. The van der Waals surface area contributed by atoms with Crippen molar-refractivity contribution < 1.29 is 46.0 Å². The first-order chi connectivity index (χ1) is 31.4. The maximum Gasteiger partial charge on any atom is 0.208 e. The summed E-state index contributed by atoms with van der Waals surface area (Å²) < 4.78 is 1.97. The molecule has 0 bridgehead atoms. The second-order valence-corrected chi connectivity index (χ2v) is 15.5. The van der Waals surface area contributed by atoms with Gasteiger partial charge < -0.3 is 50.5 Å². The first-order valence-electron chi connectivity index (χ1n) is 20.1. The van der Waals surface area contributed by atoms with E-state index in [-0.39, 0.29) is 28.5 Å². The predicted molar refractivity (Wildman–Crippen MR) is 249 cm³/mol. The Bertz CT molecular complexity index is 3800. The molecule has 0 saturated heterocycles. The van der Waals surface area contributed by atoms with Crippen LogP contribution in [0.3, 0.4) is 0 Å². The van der Waals surface area contributed by atoms with Crippen LogP contribution in [0.5, 0.6) is 51.7 Å². The van der Waals surface area contributed by atoms with Crippen molar-refractivity contribution in [1.82, 2.24) is 19.5 Å². The number of benzene rings is 9. The van der Waals surface area contributed by atoms with Gasteiger partial charge in [-0.3, -0.25) is 0 Å². The van der Waals surface area contributed by atoms with Gasteiger partial charge in [-0.25, -0.2) is 15.0 Å². The fourth-order valence-electron chi connectivity index (χ4n) is 9.00. The zero-order chi connectivity index (χ0) is 45.0. The van der Waals surface area contributed by atoms with Gasteiger partial charge >= 0.3 is 0 Å². The monoisotopic (exact) mass is 854 g/mol. The molecule has 9 aromatic carbocycles. The van der Waals surface area contributed by atoms with Crippen molar-refractivity contribution in [2.75, 3.05) is 0 Å². The molecule has 14 heteroatoms. The van der Waals surface area contributed by atoms with Crippen molar-refractivity contribution in [3.63, 3.8) is 0 Å². The smallest absolute Gasteiger partial charge is 0.208 e. The minimum atomic E-state index is -1.14. The lowest BCUT2D eigenvalue weighted by molar-refractivity contribution is 0.329. The van der Waals surface area contributed by atoms with Crippen molar-refractivity contribution in [2.45, 2.75) is 0 Å². The molecule has 2 aromatic heterocycles. The molecule has 65 heavy (non-hydrogen) atoms. The van der Waals surface area contributed by atoms with Crippen LogP contribution in [0.2, 0.25) is 0 Å². The minimum Gasteiger partial charge on any atom is -0.505 e. The topological polar surface area (TPSA) is 226 Å². The lowest BCUT2D eigenvalue weighted by Gasteiger charge is -2.19. The van der Waals surface area contributed by atoms with Gasteiger partial charge in [0.2, 0.25) is 28.7 Å². The van der Waals surface area contributed by atoms with Crippen molar-refractivity contribution in [1.29, 1.82) is 0 Å². The molecule has 2 heterocycles. The van der Waals surface area contributed by atoms with E-state index in [4.69, 9.17) is 17.8 Å². The Morgan fingerprint density at radius 3 is 1.45 bits per heavy atom. The predicted octanol–water partition coefficient (Wildman–Crippen LogP) is 9.24. The van der Waals surface area contributed by atoms with E-state index in [0.29, 0.717) is 44.2 Å². The maximum atomic E-state index is 11.3. The van der Waals surface area contributed by atoms with Gasteiger partial charge in [-0.15, -0.1) is 0 Å². The Morgan fingerprint density at radius 1 is 0.354 bits per heavy atom. The number of nitrogens with zero attached hydrogens (tertiary/aromatic N) is 4. The summed E-state index contributed by atoms with van der Waals surface area (Å²) in [6.45, 7) is 0. The fourth-order valence-corrected chi connectivity index (χ4v) is 9.00. The number of hydrogen-bond acceptors (Lipinski definition) is 12. The summed E-state index contributed by atoms with van der Waals surface area (Å²) in [5.41, 5.74) is 1.96. The Labute approximate surface area is 368 Å². The van der Waals surface area contributed by atoms with Crippen LogP contribution in [0.4, 0.5) is 0 Å². The Hall–Kier alpha value is -9.17. The lowest BCUT2D eigenvalue weighted by Crippen LogP contribution is -2.08. The summed E-state index contributed by atoms with van der Waals surface area (Å²) >= 11 is 0. The maximum absolute atomic E-state index is 11.3. The van der Waals surface area contributed by atoms with E-state index in [9.17, 15) is 46.0 Å². The number of phenolic OH excluding ortho intramolecular Hbond substituents is 9. The van der Waals surface area contributed by atoms with Gasteiger partial charge in [0, 0.05) is 27.5 Å². The number of aromatic hydroxyl groups is 9. The van der Waals surface area contributed by atoms with Crippen molar-refractivity contribution in [3.05, 3.63) is 133 Å². The summed E-state index contributed by atoms with van der Waals surface area (Å²) in [6.07, 6.45) is 0. The summed E-state index contributed by atoms with van der Waals surface area (Å²) in [6, 6.07) is 41.6. The van der Waals surface area contributed by atoms with Crippen molar-refractivity contribution >= 4 is 67.4 Å². The zero-order valence-corrected chi connectivity index (χ0v) is 33.6. The van der Waals surface area contributed by atoms with Gasteiger partial charge in [-0.05, 0) is 67.6 Å². The number of phenols is 9. The molecule has 0 atom stereocenters. The van der Waals surface area contributed by atoms with Crippen LogP contribution >= 0.6 is 0 Å². The van der Waals surface area contributed by atoms with Crippen LogP contribution in [0.1, 0.15) is 0 Å². The van der Waals surface area contributed by atoms with E-state index in [1.807, 2.05) is 95.6 Å². The normalized spacial score (nSPS) is 11.7. The van der Waals surface area contributed by atoms with E-state index >= 15 is 0 Å². The first kappa shape index (κ1) is 38.7. The van der Waals surface area contributed by atoms with Gasteiger partial charge in [0.25, 0.3) is 0 Å². The first-order valence-corrected chi connectivity index (χ1v) is 20.1. The highest BCUT2D eigenvalue weighted by Gasteiger charge is 2.30. The third-order valence-electron chi connectivity index (χ3n) is 12.0. The SMILES string of the molecule is [B]c1c(O)c(O)c(O)c(O)c1-c1cccc2c1c1ccccc1n2-c1cc2c3ccccc3c3ccccc3c2cc1-c1nc(-c2ccccc2)nc(-c2c(O)c(O)c(O)c(O)c2O)n1. The molecule has 2 radical (unpaired) electrons. The summed E-state index contributed by atoms with van der Waals surface area (Å²) in [7, 11) is 6.38. The van der Waals surface area contributed by atoms with Gasteiger partial charge in [0.05, 0.1) is 16.7 Å². The molecule has 0 unspecified atom stereocenters. The molecule has 9 N–H and O–H groups in total. The van der Waals surface area contributed by atoms with E-state index in [1.165, 1.54) is 0 Å².